The average molecular weight is 284 g/mol. The Hall–Kier alpha value is -0.0800. The quantitative estimate of drug-likeness (QED) is 0.692. The number of rotatable bonds is 8. The van der Waals surface area contributed by atoms with Gasteiger partial charge in [0, 0.05) is 13.2 Å². The molecule has 1 rings (SSSR count). The minimum Gasteiger partial charge on any atom is -0.377 e. The molecule has 0 radical (unpaired) electrons. The van der Waals surface area contributed by atoms with Crippen molar-refractivity contribution >= 4 is 0 Å². The van der Waals surface area contributed by atoms with Crippen LogP contribution in [0.15, 0.2) is 0 Å². The number of nitrogens with one attached hydrogen (secondary N) is 1. The van der Waals surface area contributed by atoms with E-state index in [0.29, 0.717) is 11.5 Å². The van der Waals surface area contributed by atoms with Crippen LogP contribution < -0.4 is 5.32 Å². The molecule has 2 nitrogen and oxygen atoms in total. The van der Waals surface area contributed by atoms with Crippen molar-refractivity contribution in [2.24, 2.45) is 11.3 Å². The topological polar surface area (TPSA) is 21.3 Å². The molecule has 1 aliphatic carbocycles. The van der Waals surface area contributed by atoms with Crippen LogP contribution in [0.25, 0.3) is 0 Å². The van der Waals surface area contributed by atoms with E-state index in [-0.39, 0.29) is 5.60 Å². The molecule has 0 spiro atoms. The van der Waals surface area contributed by atoms with Gasteiger partial charge in [0.25, 0.3) is 0 Å². The Bertz CT molecular complexity index is 261. The average Bonchev–Trinajstić information content (AvgIpc) is 2.45. The first-order valence-electron chi connectivity index (χ1n) is 8.73. The summed E-state index contributed by atoms with van der Waals surface area (Å²) in [5.41, 5.74) is 0.548. The van der Waals surface area contributed by atoms with E-state index in [4.69, 9.17) is 4.74 Å². The molecule has 1 aliphatic rings. The van der Waals surface area contributed by atoms with Crippen LogP contribution in [0.1, 0.15) is 79.6 Å². The second-order valence-electron chi connectivity index (χ2n) is 7.44. The van der Waals surface area contributed by atoms with Crippen LogP contribution in [0.2, 0.25) is 0 Å². The van der Waals surface area contributed by atoms with Gasteiger partial charge in [0.1, 0.15) is 0 Å². The SMILES string of the molecule is CCCNC(C(CC)CC)C1(OC)CCC(C)(C)CC1. The summed E-state index contributed by atoms with van der Waals surface area (Å²) >= 11 is 0. The van der Waals surface area contributed by atoms with E-state index in [0.717, 1.165) is 12.5 Å². The van der Waals surface area contributed by atoms with E-state index in [9.17, 15) is 0 Å². The molecular weight excluding hydrogens is 246 g/mol. The van der Waals surface area contributed by atoms with Gasteiger partial charge in [-0.3, -0.25) is 0 Å². The van der Waals surface area contributed by atoms with E-state index < -0.39 is 0 Å². The minimum absolute atomic E-state index is 0.0569. The van der Waals surface area contributed by atoms with Gasteiger partial charge in [0.2, 0.25) is 0 Å². The smallest absolute Gasteiger partial charge is 0.0834 e. The molecule has 1 atom stereocenters. The summed E-state index contributed by atoms with van der Waals surface area (Å²) in [6.45, 7) is 12.8. The first kappa shape index (κ1) is 18.0. The Morgan fingerprint density at radius 3 is 1.95 bits per heavy atom. The Morgan fingerprint density at radius 1 is 1.00 bits per heavy atom. The Kier molecular flexibility index (Phi) is 7.00. The molecule has 0 bridgehead atoms. The lowest BCUT2D eigenvalue weighted by Gasteiger charge is -2.49. The molecule has 0 aromatic heterocycles. The summed E-state index contributed by atoms with van der Waals surface area (Å²) < 4.78 is 6.15. The van der Waals surface area contributed by atoms with Gasteiger partial charge in [-0.15, -0.1) is 0 Å². The lowest BCUT2D eigenvalue weighted by molar-refractivity contribution is -0.0995. The highest BCUT2D eigenvalue weighted by Gasteiger charge is 2.46. The maximum Gasteiger partial charge on any atom is 0.0834 e. The van der Waals surface area contributed by atoms with Gasteiger partial charge in [-0.25, -0.2) is 0 Å². The van der Waals surface area contributed by atoms with Crippen molar-refractivity contribution in [3.05, 3.63) is 0 Å². The number of methoxy groups -OCH3 is 1. The molecule has 0 aromatic rings. The highest BCUT2D eigenvalue weighted by molar-refractivity contribution is 5.00. The van der Waals surface area contributed by atoms with Gasteiger partial charge in [0.05, 0.1) is 5.60 Å². The summed E-state index contributed by atoms with van der Waals surface area (Å²) in [5.74, 6) is 0.725. The van der Waals surface area contributed by atoms with Crippen molar-refractivity contribution in [2.75, 3.05) is 13.7 Å². The van der Waals surface area contributed by atoms with Crippen molar-refractivity contribution < 1.29 is 4.74 Å². The molecular formula is C18H37NO. The molecule has 0 heterocycles. The van der Waals surface area contributed by atoms with Crippen molar-refractivity contribution in [1.29, 1.82) is 0 Å². The maximum atomic E-state index is 6.15. The van der Waals surface area contributed by atoms with E-state index >= 15 is 0 Å². The normalized spacial score (nSPS) is 22.9. The molecule has 1 unspecified atom stereocenters. The Labute approximate surface area is 127 Å². The maximum absolute atomic E-state index is 6.15. The zero-order valence-electron chi connectivity index (χ0n) is 14.7. The third kappa shape index (κ3) is 4.21. The second-order valence-corrected chi connectivity index (χ2v) is 7.44. The fourth-order valence-electron chi connectivity index (χ4n) is 3.83. The van der Waals surface area contributed by atoms with Crippen LogP contribution in [0.3, 0.4) is 0 Å². The summed E-state index contributed by atoms with van der Waals surface area (Å²) in [4.78, 5) is 0. The van der Waals surface area contributed by atoms with E-state index in [1.165, 1.54) is 44.9 Å². The van der Waals surface area contributed by atoms with Crippen LogP contribution in [0, 0.1) is 11.3 Å². The monoisotopic (exact) mass is 283 g/mol. The zero-order chi connectivity index (χ0) is 15.2. The van der Waals surface area contributed by atoms with Gasteiger partial charge in [0.15, 0.2) is 0 Å². The van der Waals surface area contributed by atoms with Gasteiger partial charge in [-0.1, -0.05) is 47.5 Å². The highest BCUT2D eigenvalue weighted by Crippen LogP contribution is 2.45. The van der Waals surface area contributed by atoms with Crippen molar-refractivity contribution in [2.45, 2.75) is 91.2 Å². The van der Waals surface area contributed by atoms with Gasteiger partial charge in [-0.05, 0) is 50.0 Å². The van der Waals surface area contributed by atoms with E-state index in [1.54, 1.807) is 0 Å². The lowest BCUT2D eigenvalue weighted by atomic mass is 9.66. The fourth-order valence-corrected chi connectivity index (χ4v) is 3.83. The number of hydrogen-bond donors (Lipinski definition) is 1. The summed E-state index contributed by atoms with van der Waals surface area (Å²) in [6, 6.07) is 0.513. The standard InChI is InChI=1S/C18H37NO/c1-7-14-19-16(15(8-2)9-3)18(20-6)12-10-17(4,5)11-13-18/h15-16,19H,7-14H2,1-6H3. The van der Waals surface area contributed by atoms with Crippen LogP contribution >= 0.6 is 0 Å². The first-order chi connectivity index (χ1) is 9.44. The van der Waals surface area contributed by atoms with Crippen LogP contribution in [0.5, 0.6) is 0 Å². The van der Waals surface area contributed by atoms with Crippen LogP contribution in [0.4, 0.5) is 0 Å². The molecule has 20 heavy (non-hydrogen) atoms. The molecule has 1 N–H and O–H groups in total. The molecule has 0 aliphatic heterocycles. The van der Waals surface area contributed by atoms with Gasteiger partial charge >= 0.3 is 0 Å². The minimum atomic E-state index is 0.0569. The summed E-state index contributed by atoms with van der Waals surface area (Å²) in [5, 5.41) is 3.84. The number of hydrogen-bond acceptors (Lipinski definition) is 2. The highest BCUT2D eigenvalue weighted by atomic mass is 16.5. The third-order valence-corrected chi connectivity index (χ3v) is 5.56. The largest absolute Gasteiger partial charge is 0.377 e. The molecule has 2 heteroatoms. The van der Waals surface area contributed by atoms with Crippen LogP contribution in [-0.4, -0.2) is 25.3 Å². The Balaban J connectivity index is 2.89. The Morgan fingerprint density at radius 2 is 1.55 bits per heavy atom. The van der Waals surface area contributed by atoms with Crippen molar-refractivity contribution in [3.8, 4) is 0 Å². The van der Waals surface area contributed by atoms with Gasteiger partial charge < -0.3 is 10.1 Å². The molecule has 0 saturated heterocycles. The fraction of sp³-hybridized carbons (Fsp3) is 1.00. The summed E-state index contributed by atoms with van der Waals surface area (Å²) in [6.07, 6.45) is 8.65. The van der Waals surface area contributed by atoms with E-state index in [1.807, 2.05) is 7.11 Å². The molecule has 0 aromatic carbocycles. The first-order valence-corrected chi connectivity index (χ1v) is 8.73. The van der Waals surface area contributed by atoms with Crippen molar-refractivity contribution in [3.63, 3.8) is 0 Å². The number of ether oxygens (including phenoxy) is 1. The third-order valence-electron chi connectivity index (χ3n) is 5.56. The molecule has 1 saturated carbocycles. The predicted molar refractivity (Wildman–Crippen MR) is 88.1 cm³/mol. The van der Waals surface area contributed by atoms with Crippen LogP contribution in [-0.2, 0) is 4.74 Å². The molecule has 0 amide bonds. The second kappa shape index (κ2) is 7.79. The zero-order valence-corrected chi connectivity index (χ0v) is 14.7. The van der Waals surface area contributed by atoms with Crippen molar-refractivity contribution in [1.82, 2.24) is 5.32 Å². The van der Waals surface area contributed by atoms with Gasteiger partial charge in [-0.2, -0.15) is 0 Å². The molecule has 120 valence electrons. The molecule has 1 fully saturated rings. The van der Waals surface area contributed by atoms with E-state index in [2.05, 4.69) is 39.9 Å². The lowest BCUT2D eigenvalue weighted by Crippen LogP contribution is -2.58. The summed E-state index contributed by atoms with van der Waals surface area (Å²) in [7, 11) is 1.93. The predicted octanol–water partition coefficient (Wildman–Crippen LogP) is 4.78.